The third-order valence-corrected chi connectivity index (χ3v) is 7.16. The van der Waals surface area contributed by atoms with Gasteiger partial charge in [0.15, 0.2) is 0 Å². The Hall–Kier alpha value is -1.33. The molecule has 1 aromatic heterocycles. The number of carbonyl (C=O) groups excluding carboxylic acids is 1. The van der Waals surface area contributed by atoms with Crippen LogP contribution in [0.15, 0.2) is 10.5 Å². The maximum atomic E-state index is 12.1. The highest BCUT2D eigenvalue weighted by atomic mass is 16.5. The smallest absolute Gasteiger partial charge is 0.220 e. The van der Waals surface area contributed by atoms with E-state index in [0.717, 1.165) is 50.5 Å². The van der Waals surface area contributed by atoms with Gasteiger partial charge < -0.3 is 14.5 Å². The maximum Gasteiger partial charge on any atom is 0.220 e. The lowest BCUT2D eigenvalue weighted by Gasteiger charge is -2.29. The Kier molecular flexibility index (Phi) is 3.94. The summed E-state index contributed by atoms with van der Waals surface area (Å²) in [6, 6.07) is 2.16. The summed E-state index contributed by atoms with van der Waals surface area (Å²) in [4.78, 5) is 14.6. The first-order chi connectivity index (χ1) is 12.5. The first-order valence-electron chi connectivity index (χ1n) is 10.3. The van der Waals surface area contributed by atoms with Crippen LogP contribution in [0.5, 0.6) is 0 Å². The lowest BCUT2D eigenvalue weighted by Crippen LogP contribution is -2.41. The SMILES string of the molecule is Cc1cc(CN2C[C@@H]3[C@H](CNC(=O)CC4CC4)[C@H]4CC[C@]3(C2)O4)oc1C. The molecule has 0 unspecified atom stereocenters. The monoisotopic (exact) mass is 358 g/mol. The summed E-state index contributed by atoms with van der Waals surface area (Å²) < 4.78 is 12.4. The molecule has 5 heteroatoms. The number of aryl methyl sites for hydroxylation is 2. The summed E-state index contributed by atoms with van der Waals surface area (Å²) in [6.45, 7) is 7.83. The molecule has 1 aromatic rings. The topological polar surface area (TPSA) is 54.7 Å². The zero-order chi connectivity index (χ0) is 17.9. The molecule has 26 heavy (non-hydrogen) atoms. The molecule has 3 saturated heterocycles. The van der Waals surface area contributed by atoms with Crippen molar-refractivity contribution in [3.63, 3.8) is 0 Å². The summed E-state index contributed by atoms with van der Waals surface area (Å²) in [6.07, 6.45) is 5.84. The minimum atomic E-state index is 0.0211. The second-order valence-corrected chi connectivity index (χ2v) is 9.10. The van der Waals surface area contributed by atoms with Gasteiger partial charge in [0.2, 0.25) is 5.91 Å². The largest absolute Gasteiger partial charge is 0.465 e. The fourth-order valence-electron chi connectivity index (χ4n) is 5.52. The zero-order valence-corrected chi connectivity index (χ0v) is 15.9. The molecule has 1 N–H and O–H groups in total. The van der Waals surface area contributed by atoms with Crippen LogP contribution in [0.2, 0.25) is 0 Å². The lowest BCUT2D eigenvalue weighted by molar-refractivity contribution is -0.121. The molecule has 2 bridgehead atoms. The third kappa shape index (κ3) is 2.89. The molecule has 4 atom stereocenters. The first-order valence-corrected chi connectivity index (χ1v) is 10.3. The second-order valence-electron chi connectivity index (χ2n) is 9.10. The van der Waals surface area contributed by atoms with Crippen molar-refractivity contribution in [2.45, 2.75) is 64.2 Å². The van der Waals surface area contributed by atoms with E-state index in [9.17, 15) is 4.79 Å². The molecule has 0 radical (unpaired) electrons. The molecule has 1 saturated carbocycles. The number of fused-ring (bicyclic) bond motifs is 1. The highest BCUT2D eigenvalue weighted by Crippen LogP contribution is 2.54. The quantitative estimate of drug-likeness (QED) is 0.850. The van der Waals surface area contributed by atoms with Gasteiger partial charge in [-0.1, -0.05) is 0 Å². The van der Waals surface area contributed by atoms with Crippen molar-refractivity contribution < 1.29 is 13.9 Å². The van der Waals surface area contributed by atoms with Crippen molar-refractivity contribution in [2.75, 3.05) is 19.6 Å². The van der Waals surface area contributed by atoms with Crippen LogP contribution in [0.3, 0.4) is 0 Å². The van der Waals surface area contributed by atoms with Crippen molar-refractivity contribution >= 4 is 5.91 Å². The van der Waals surface area contributed by atoms with Gasteiger partial charge in [-0.05, 0) is 57.1 Å². The molecule has 142 valence electrons. The van der Waals surface area contributed by atoms with Crippen LogP contribution in [0.25, 0.3) is 0 Å². The third-order valence-electron chi connectivity index (χ3n) is 7.16. The van der Waals surface area contributed by atoms with E-state index in [4.69, 9.17) is 9.15 Å². The van der Waals surface area contributed by atoms with Crippen LogP contribution >= 0.6 is 0 Å². The number of carbonyl (C=O) groups is 1. The Morgan fingerprint density at radius 2 is 2.19 bits per heavy atom. The predicted octanol–water partition coefficient (Wildman–Crippen LogP) is 2.79. The van der Waals surface area contributed by atoms with Crippen LogP contribution in [-0.2, 0) is 16.1 Å². The zero-order valence-electron chi connectivity index (χ0n) is 15.9. The molecular weight excluding hydrogens is 328 g/mol. The highest BCUT2D eigenvalue weighted by molar-refractivity contribution is 5.76. The van der Waals surface area contributed by atoms with Gasteiger partial charge in [-0.3, -0.25) is 9.69 Å². The van der Waals surface area contributed by atoms with Crippen molar-refractivity contribution in [1.82, 2.24) is 10.2 Å². The second kappa shape index (κ2) is 6.10. The normalized spacial score (nSPS) is 35.8. The number of nitrogens with zero attached hydrogens (tertiary/aromatic N) is 1. The summed E-state index contributed by atoms with van der Waals surface area (Å²) in [5, 5.41) is 3.21. The first kappa shape index (κ1) is 16.8. The Balaban J connectivity index is 1.22. The number of ether oxygens (including phenoxy) is 1. The van der Waals surface area contributed by atoms with E-state index < -0.39 is 0 Å². The molecule has 1 spiro atoms. The van der Waals surface area contributed by atoms with Gasteiger partial charge in [0.25, 0.3) is 0 Å². The van der Waals surface area contributed by atoms with E-state index >= 15 is 0 Å². The minimum absolute atomic E-state index is 0.0211. The van der Waals surface area contributed by atoms with Crippen molar-refractivity contribution in [1.29, 1.82) is 0 Å². The average molecular weight is 358 g/mol. The van der Waals surface area contributed by atoms with Gasteiger partial charge in [0, 0.05) is 37.9 Å². The number of rotatable bonds is 6. The van der Waals surface area contributed by atoms with E-state index in [2.05, 4.69) is 23.2 Å². The van der Waals surface area contributed by atoms with E-state index in [0.29, 0.717) is 23.9 Å². The summed E-state index contributed by atoms with van der Waals surface area (Å²) in [5.41, 5.74) is 1.25. The van der Waals surface area contributed by atoms with Gasteiger partial charge in [-0.25, -0.2) is 0 Å². The number of nitrogens with one attached hydrogen (secondary N) is 1. The maximum absolute atomic E-state index is 12.1. The molecule has 4 aliphatic rings. The predicted molar refractivity (Wildman–Crippen MR) is 97.6 cm³/mol. The number of likely N-dealkylation sites (tertiary alicyclic amines) is 1. The average Bonchev–Trinajstić information content (AvgIpc) is 2.94. The van der Waals surface area contributed by atoms with Gasteiger partial charge in [0.05, 0.1) is 18.2 Å². The Morgan fingerprint density at radius 3 is 2.92 bits per heavy atom. The molecule has 5 nitrogen and oxygen atoms in total. The Labute approximate surface area is 155 Å². The highest BCUT2D eigenvalue weighted by Gasteiger charge is 2.62. The van der Waals surface area contributed by atoms with Crippen LogP contribution in [-0.4, -0.2) is 42.1 Å². The number of hydrogen-bond acceptors (Lipinski definition) is 4. The van der Waals surface area contributed by atoms with Gasteiger partial charge >= 0.3 is 0 Å². The standard InChI is InChI=1S/C21H30N2O3/c1-13-7-16(25-14(13)2)10-23-11-18-17(9-22-20(24)8-15-3-4-15)19-5-6-21(18,12-23)26-19/h7,15,17-19H,3-6,8-12H2,1-2H3,(H,22,24)/t17-,18+,19+,21+/m0/s1. The Bertz CT molecular complexity index is 691. The van der Waals surface area contributed by atoms with Crippen molar-refractivity contribution in [3.8, 4) is 0 Å². The van der Waals surface area contributed by atoms with Gasteiger partial charge in [-0.2, -0.15) is 0 Å². The molecule has 4 fully saturated rings. The molecular formula is C21H30N2O3. The van der Waals surface area contributed by atoms with Crippen LogP contribution < -0.4 is 5.32 Å². The molecule has 0 aromatic carbocycles. The summed E-state index contributed by atoms with van der Waals surface area (Å²) in [7, 11) is 0. The van der Waals surface area contributed by atoms with Crippen LogP contribution in [0.4, 0.5) is 0 Å². The van der Waals surface area contributed by atoms with E-state index in [1.165, 1.54) is 24.8 Å². The van der Waals surface area contributed by atoms with E-state index in [1.54, 1.807) is 0 Å². The number of furan rings is 1. The number of amides is 1. The summed E-state index contributed by atoms with van der Waals surface area (Å²) in [5.74, 6) is 3.98. The lowest BCUT2D eigenvalue weighted by atomic mass is 9.73. The Morgan fingerprint density at radius 1 is 1.35 bits per heavy atom. The number of hydrogen-bond donors (Lipinski definition) is 1. The minimum Gasteiger partial charge on any atom is -0.465 e. The molecule has 5 rings (SSSR count). The van der Waals surface area contributed by atoms with Crippen LogP contribution in [0.1, 0.15) is 49.2 Å². The molecule has 4 heterocycles. The molecule has 3 aliphatic heterocycles. The van der Waals surface area contributed by atoms with Gasteiger partial charge in [-0.15, -0.1) is 0 Å². The van der Waals surface area contributed by atoms with Crippen molar-refractivity contribution in [2.24, 2.45) is 17.8 Å². The fraction of sp³-hybridized carbons (Fsp3) is 0.762. The van der Waals surface area contributed by atoms with Crippen LogP contribution in [0, 0.1) is 31.6 Å². The van der Waals surface area contributed by atoms with E-state index in [1.807, 2.05) is 6.92 Å². The van der Waals surface area contributed by atoms with Crippen molar-refractivity contribution in [3.05, 3.63) is 23.2 Å². The van der Waals surface area contributed by atoms with E-state index in [-0.39, 0.29) is 11.5 Å². The summed E-state index contributed by atoms with van der Waals surface area (Å²) >= 11 is 0. The molecule has 1 aliphatic carbocycles. The molecule has 1 amide bonds. The fourth-order valence-corrected chi connectivity index (χ4v) is 5.52. The van der Waals surface area contributed by atoms with Gasteiger partial charge in [0.1, 0.15) is 11.5 Å².